The largest absolute Gasteiger partial charge is 0.382 e. The van der Waals surface area contributed by atoms with Gasteiger partial charge in [0.1, 0.15) is 5.85 Å². The molecule has 0 aromatic heterocycles. The highest BCUT2D eigenvalue weighted by atomic mass is 31.2. The number of carbonyl (C=O) groups excluding carboxylic acids is 1. The molecule has 0 aliphatic carbocycles. The Morgan fingerprint density at radius 2 is 2.09 bits per heavy atom. The fraction of sp³-hybridized carbons (Fsp3) is 0.667. The summed E-state index contributed by atoms with van der Waals surface area (Å²) in [5.74, 6) is -1.63. The quantitative estimate of drug-likeness (QED) is 0.149. The van der Waals surface area contributed by atoms with E-state index in [9.17, 15) is 19.7 Å². The maximum Gasteiger partial charge on any atom is 0.251 e. The molecule has 0 saturated carbocycles. The van der Waals surface area contributed by atoms with Crippen molar-refractivity contribution in [3.8, 4) is 0 Å². The Bertz CT molecular complexity index is 461. The van der Waals surface area contributed by atoms with Gasteiger partial charge < -0.3 is 10.00 Å². The molecule has 0 aromatic carbocycles. The highest BCUT2D eigenvalue weighted by molar-refractivity contribution is 7.57. The molecule has 0 aromatic rings. The van der Waals surface area contributed by atoms with Gasteiger partial charge in [0.25, 0.3) is 5.91 Å². The summed E-state index contributed by atoms with van der Waals surface area (Å²) < 4.78 is 11.2. The number of allylic oxidation sites excluding steroid dienone is 2. The Labute approximate surface area is 138 Å². The number of aliphatic hydroxyl groups excluding tert-OH is 1. The van der Waals surface area contributed by atoms with Gasteiger partial charge in [-0.3, -0.25) is 19.9 Å². The van der Waals surface area contributed by atoms with Crippen LogP contribution in [0.15, 0.2) is 24.3 Å². The number of nitrogens with one attached hydrogen (secondary N) is 1. The van der Waals surface area contributed by atoms with Gasteiger partial charge in [0.15, 0.2) is 0 Å². The van der Waals surface area contributed by atoms with Crippen LogP contribution >= 0.6 is 7.37 Å². The second-order valence-corrected chi connectivity index (χ2v) is 8.14. The van der Waals surface area contributed by atoms with E-state index in [1.807, 2.05) is 13.0 Å². The normalized spacial score (nSPS) is 16.8. The summed E-state index contributed by atoms with van der Waals surface area (Å²) in [4.78, 5) is 21.0. The minimum absolute atomic E-state index is 0.0288. The number of hydroxylamine groups is 2. The standard InChI is InChI=1S/C15H29N2O5P/c1-5-7-13(6-2)8-12(3)9-14(18)17(20)11-16-10-15(19)23(4,21)22/h5,7,13,15-16,19-20H,3,6,8-11H2,1-2,4H3,(H,21,22)/b7-5-. The van der Waals surface area contributed by atoms with E-state index in [0.717, 1.165) is 18.7 Å². The molecule has 0 aliphatic heterocycles. The Kier molecular flexibility index (Phi) is 10.3. The van der Waals surface area contributed by atoms with Crippen molar-refractivity contribution in [3.63, 3.8) is 0 Å². The van der Waals surface area contributed by atoms with E-state index in [2.05, 4.69) is 24.9 Å². The van der Waals surface area contributed by atoms with Gasteiger partial charge >= 0.3 is 0 Å². The third-order valence-electron chi connectivity index (χ3n) is 3.37. The third kappa shape index (κ3) is 9.69. The van der Waals surface area contributed by atoms with Gasteiger partial charge in [0.05, 0.1) is 6.67 Å². The molecule has 23 heavy (non-hydrogen) atoms. The van der Waals surface area contributed by atoms with Crippen LogP contribution in [0.2, 0.25) is 0 Å². The molecule has 1 amide bonds. The molecule has 3 unspecified atom stereocenters. The molecule has 0 rings (SSSR count). The van der Waals surface area contributed by atoms with Crippen molar-refractivity contribution in [1.29, 1.82) is 0 Å². The summed E-state index contributed by atoms with van der Waals surface area (Å²) in [6.07, 6.45) is 5.67. The number of hydrogen-bond acceptors (Lipinski definition) is 5. The first-order valence-corrected chi connectivity index (χ1v) is 9.76. The van der Waals surface area contributed by atoms with Gasteiger partial charge in [0, 0.05) is 19.6 Å². The third-order valence-corrected chi connectivity index (χ3v) is 4.66. The number of nitrogens with zero attached hydrogens (tertiary/aromatic N) is 1. The predicted octanol–water partition coefficient (Wildman–Crippen LogP) is 1.91. The van der Waals surface area contributed by atoms with Crippen molar-refractivity contribution in [2.45, 2.75) is 39.0 Å². The molecule has 0 aliphatic rings. The maximum atomic E-state index is 11.8. The van der Waals surface area contributed by atoms with Crippen LogP contribution in [0.5, 0.6) is 0 Å². The molecular formula is C15H29N2O5P. The summed E-state index contributed by atoms with van der Waals surface area (Å²) >= 11 is 0. The fourth-order valence-electron chi connectivity index (χ4n) is 1.93. The van der Waals surface area contributed by atoms with Crippen LogP contribution in [0.4, 0.5) is 0 Å². The summed E-state index contributed by atoms with van der Waals surface area (Å²) in [6, 6.07) is 0. The van der Waals surface area contributed by atoms with Crippen molar-refractivity contribution in [2.24, 2.45) is 5.92 Å². The van der Waals surface area contributed by atoms with Crippen molar-refractivity contribution >= 4 is 13.3 Å². The topological polar surface area (TPSA) is 110 Å². The van der Waals surface area contributed by atoms with Gasteiger partial charge in [0.2, 0.25) is 7.37 Å². The fourth-order valence-corrected chi connectivity index (χ4v) is 2.39. The highest BCUT2D eigenvalue weighted by Gasteiger charge is 2.22. The molecule has 0 spiro atoms. The van der Waals surface area contributed by atoms with Crippen molar-refractivity contribution in [1.82, 2.24) is 10.4 Å². The highest BCUT2D eigenvalue weighted by Crippen LogP contribution is 2.39. The number of carbonyl (C=O) groups is 1. The molecule has 0 saturated heterocycles. The molecule has 4 N–H and O–H groups in total. The first-order valence-electron chi connectivity index (χ1n) is 7.59. The molecule has 0 heterocycles. The monoisotopic (exact) mass is 348 g/mol. The lowest BCUT2D eigenvalue weighted by Gasteiger charge is -2.19. The molecule has 8 heteroatoms. The Balaban J connectivity index is 4.20. The molecule has 0 bridgehead atoms. The number of aliphatic hydroxyl groups is 1. The number of rotatable bonds is 11. The van der Waals surface area contributed by atoms with Crippen LogP contribution in [-0.4, -0.2) is 51.9 Å². The van der Waals surface area contributed by atoms with Gasteiger partial charge in [-0.05, 0) is 25.7 Å². The first kappa shape index (κ1) is 22.0. The summed E-state index contributed by atoms with van der Waals surface area (Å²) in [7, 11) is -3.60. The summed E-state index contributed by atoms with van der Waals surface area (Å²) in [5, 5.41) is 22.0. The number of amides is 1. The predicted molar refractivity (Wildman–Crippen MR) is 90.2 cm³/mol. The van der Waals surface area contributed by atoms with E-state index in [1.165, 1.54) is 0 Å². The van der Waals surface area contributed by atoms with E-state index in [-0.39, 0.29) is 19.6 Å². The van der Waals surface area contributed by atoms with Crippen LogP contribution in [-0.2, 0) is 9.36 Å². The van der Waals surface area contributed by atoms with Gasteiger partial charge in [-0.15, -0.1) is 0 Å². The lowest BCUT2D eigenvalue weighted by molar-refractivity contribution is -0.166. The van der Waals surface area contributed by atoms with E-state index in [1.54, 1.807) is 0 Å². The van der Waals surface area contributed by atoms with Crippen molar-refractivity contribution in [3.05, 3.63) is 24.3 Å². The van der Waals surface area contributed by atoms with Crippen molar-refractivity contribution < 1.29 is 24.6 Å². The average molecular weight is 348 g/mol. The second kappa shape index (κ2) is 10.7. The molecule has 134 valence electrons. The van der Waals surface area contributed by atoms with E-state index < -0.39 is 19.1 Å². The number of hydrogen-bond donors (Lipinski definition) is 4. The maximum absolute atomic E-state index is 11.8. The summed E-state index contributed by atoms with van der Waals surface area (Å²) in [6.45, 7) is 8.46. The van der Waals surface area contributed by atoms with E-state index in [0.29, 0.717) is 17.4 Å². The lowest BCUT2D eigenvalue weighted by Crippen LogP contribution is -2.39. The Hall–Kier alpha value is -0.980. The second-order valence-electron chi connectivity index (χ2n) is 5.65. The van der Waals surface area contributed by atoms with Gasteiger partial charge in [-0.1, -0.05) is 31.2 Å². The average Bonchev–Trinajstić information content (AvgIpc) is 2.45. The first-order chi connectivity index (χ1) is 10.6. The minimum Gasteiger partial charge on any atom is -0.382 e. The summed E-state index contributed by atoms with van der Waals surface area (Å²) in [5.41, 5.74) is 0.729. The zero-order valence-corrected chi connectivity index (χ0v) is 15.0. The van der Waals surface area contributed by atoms with E-state index in [4.69, 9.17) is 4.89 Å². The van der Waals surface area contributed by atoms with Crippen LogP contribution in [0.3, 0.4) is 0 Å². The van der Waals surface area contributed by atoms with Crippen LogP contribution in [0.1, 0.15) is 33.1 Å². The zero-order chi connectivity index (χ0) is 18.0. The van der Waals surface area contributed by atoms with Crippen molar-refractivity contribution in [2.75, 3.05) is 19.9 Å². The molecule has 0 fully saturated rings. The Morgan fingerprint density at radius 3 is 2.57 bits per heavy atom. The molecule has 7 nitrogen and oxygen atoms in total. The van der Waals surface area contributed by atoms with Crippen LogP contribution in [0, 0.1) is 5.92 Å². The van der Waals surface area contributed by atoms with Gasteiger partial charge in [-0.25, -0.2) is 5.06 Å². The SMILES string of the molecule is C=C(CC(=O)N(O)CNCC(O)P(C)(=O)O)CC(/C=C\C)CC. The molecular weight excluding hydrogens is 319 g/mol. The van der Waals surface area contributed by atoms with Crippen LogP contribution in [0.25, 0.3) is 0 Å². The molecule has 0 radical (unpaired) electrons. The minimum atomic E-state index is -3.60. The Morgan fingerprint density at radius 1 is 1.48 bits per heavy atom. The zero-order valence-electron chi connectivity index (χ0n) is 14.1. The van der Waals surface area contributed by atoms with E-state index >= 15 is 0 Å². The lowest BCUT2D eigenvalue weighted by atomic mass is 9.95. The smallest absolute Gasteiger partial charge is 0.251 e. The molecule has 3 atom stereocenters. The van der Waals surface area contributed by atoms with Gasteiger partial charge in [-0.2, -0.15) is 0 Å². The van der Waals surface area contributed by atoms with Crippen LogP contribution < -0.4 is 5.32 Å².